The minimum atomic E-state index is -0.563. The van der Waals surface area contributed by atoms with Gasteiger partial charge in [0, 0.05) is 31.7 Å². The van der Waals surface area contributed by atoms with Gasteiger partial charge < -0.3 is 15.4 Å². The zero-order valence-corrected chi connectivity index (χ0v) is 16.7. The molecule has 2 N–H and O–H groups in total. The Morgan fingerprint density at radius 3 is 2.83 bits per heavy atom. The number of aryl methyl sites for hydroxylation is 1. The molecule has 0 saturated carbocycles. The lowest BCUT2D eigenvalue weighted by atomic mass is 10.0. The Balaban J connectivity index is 1.63. The van der Waals surface area contributed by atoms with Gasteiger partial charge in [0.25, 0.3) is 0 Å². The van der Waals surface area contributed by atoms with Crippen molar-refractivity contribution in [3.8, 4) is 5.75 Å². The van der Waals surface area contributed by atoms with Gasteiger partial charge in [0.2, 0.25) is 11.8 Å². The minimum absolute atomic E-state index is 0.0232. The summed E-state index contributed by atoms with van der Waals surface area (Å²) in [7, 11) is 1.63. The van der Waals surface area contributed by atoms with Gasteiger partial charge in [0.1, 0.15) is 11.6 Å². The molecule has 6 nitrogen and oxygen atoms in total. The number of carbonyl (C=O) groups excluding carboxylic acids is 2. The number of benzene rings is 2. The van der Waals surface area contributed by atoms with E-state index in [9.17, 15) is 14.0 Å². The quantitative estimate of drug-likeness (QED) is 0.749. The minimum Gasteiger partial charge on any atom is -0.496 e. The van der Waals surface area contributed by atoms with Crippen LogP contribution in [0.1, 0.15) is 23.1 Å². The van der Waals surface area contributed by atoms with Crippen molar-refractivity contribution in [2.75, 3.05) is 20.2 Å². The number of piperazine rings is 1. The molecule has 1 unspecified atom stereocenters. The molecule has 2 aromatic carbocycles. The van der Waals surface area contributed by atoms with Crippen molar-refractivity contribution >= 4 is 11.8 Å². The second kappa shape index (κ2) is 9.52. The molecule has 0 aliphatic carbocycles. The standard InChI is InChI=1S/C22H26FN3O3/c1-15-11-16(7-8-20(15)29-2)14-26-10-9-24-22(28)19(26)12-21(27)25-13-17-5-3-4-6-18(17)23/h3-8,11,19H,9-10,12-14H2,1-2H3,(H,24,28)(H,25,27). The van der Waals surface area contributed by atoms with Crippen LogP contribution in [-0.2, 0) is 22.7 Å². The van der Waals surface area contributed by atoms with Gasteiger partial charge >= 0.3 is 0 Å². The number of hydrogen-bond donors (Lipinski definition) is 2. The normalized spacial score (nSPS) is 16.9. The van der Waals surface area contributed by atoms with Gasteiger partial charge in [-0.15, -0.1) is 0 Å². The van der Waals surface area contributed by atoms with Crippen LogP contribution >= 0.6 is 0 Å². The molecule has 1 heterocycles. The number of rotatable bonds is 7. The van der Waals surface area contributed by atoms with E-state index in [2.05, 4.69) is 10.6 Å². The van der Waals surface area contributed by atoms with E-state index >= 15 is 0 Å². The predicted molar refractivity (Wildman–Crippen MR) is 108 cm³/mol. The van der Waals surface area contributed by atoms with E-state index in [1.807, 2.05) is 30.0 Å². The van der Waals surface area contributed by atoms with Crippen LogP contribution in [0.5, 0.6) is 5.75 Å². The van der Waals surface area contributed by atoms with E-state index in [0.717, 1.165) is 16.9 Å². The fraction of sp³-hybridized carbons (Fsp3) is 0.364. The maximum atomic E-state index is 13.7. The first-order valence-corrected chi connectivity index (χ1v) is 9.63. The molecule has 1 saturated heterocycles. The molecule has 154 valence electrons. The number of amides is 2. The molecule has 3 rings (SSSR count). The second-order valence-electron chi connectivity index (χ2n) is 7.15. The summed E-state index contributed by atoms with van der Waals surface area (Å²) in [5, 5.41) is 5.54. The van der Waals surface area contributed by atoms with Crippen molar-refractivity contribution in [1.82, 2.24) is 15.5 Å². The number of methoxy groups -OCH3 is 1. The third kappa shape index (κ3) is 5.32. The van der Waals surface area contributed by atoms with E-state index in [-0.39, 0.29) is 30.6 Å². The maximum absolute atomic E-state index is 13.7. The first-order chi connectivity index (χ1) is 14.0. The van der Waals surface area contributed by atoms with Crippen molar-refractivity contribution in [1.29, 1.82) is 0 Å². The molecule has 2 aromatic rings. The highest BCUT2D eigenvalue weighted by Crippen LogP contribution is 2.21. The molecular weight excluding hydrogens is 373 g/mol. The smallest absolute Gasteiger partial charge is 0.237 e. The molecule has 29 heavy (non-hydrogen) atoms. The largest absolute Gasteiger partial charge is 0.496 e. The van der Waals surface area contributed by atoms with E-state index in [0.29, 0.717) is 25.2 Å². The Kier molecular flexibility index (Phi) is 6.82. The highest BCUT2D eigenvalue weighted by molar-refractivity contribution is 5.88. The van der Waals surface area contributed by atoms with Gasteiger partial charge in [0.15, 0.2) is 0 Å². The Morgan fingerprint density at radius 1 is 1.31 bits per heavy atom. The van der Waals surface area contributed by atoms with E-state index < -0.39 is 6.04 Å². The number of carbonyl (C=O) groups is 2. The number of nitrogens with one attached hydrogen (secondary N) is 2. The van der Waals surface area contributed by atoms with Crippen molar-refractivity contribution < 1.29 is 18.7 Å². The summed E-state index contributed by atoms with van der Waals surface area (Å²) in [5.74, 6) is 0.00246. The van der Waals surface area contributed by atoms with E-state index in [1.54, 1.807) is 25.3 Å². The lowest BCUT2D eigenvalue weighted by Crippen LogP contribution is -2.56. The number of hydrogen-bond acceptors (Lipinski definition) is 4. The van der Waals surface area contributed by atoms with Crippen LogP contribution in [-0.4, -0.2) is 43.0 Å². The molecule has 0 bridgehead atoms. The Morgan fingerprint density at radius 2 is 2.10 bits per heavy atom. The highest BCUT2D eigenvalue weighted by atomic mass is 19.1. The summed E-state index contributed by atoms with van der Waals surface area (Å²) in [6.07, 6.45) is 0.0232. The average Bonchev–Trinajstić information content (AvgIpc) is 2.70. The molecule has 1 aliphatic rings. The SMILES string of the molecule is COc1ccc(CN2CCNC(=O)C2CC(=O)NCc2ccccc2F)cc1C. The second-order valence-corrected chi connectivity index (χ2v) is 7.15. The fourth-order valence-corrected chi connectivity index (χ4v) is 3.53. The van der Waals surface area contributed by atoms with Crippen molar-refractivity contribution in [3.63, 3.8) is 0 Å². The van der Waals surface area contributed by atoms with Gasteiger partial charge in [-0.3, -0.25) is 14.5 Å². The first-order valence-electron chi connectivity index (χ1n) is 9.63. The van der Waals surface area contributed by atoms with Crippen LogP contribution in [0.25, 0.3) is 0 Å². The van der Waals surface area contributed by atoms with Gasteiger partial charge in [-0.2, -0.15) is 0 Å². The van der Waals surface area contributed by atoms with Crippen LogP contribution < -0.4 is 15.4 Å². The van der Waals surface area contributed by atoms with Crippen LogP contribution in [0.15, 0.2) is 42.5 Å². The lowest BCUT2D eigenvalue weighted by molar-refractivity contribution is -0.134. The molecule has 1 aliphatic heterocycles. The summed E-state index contributed by atoms with van der Waals surface area (Å²) in [6, 6.07) is 11.6. The molecule has 1 fully saturated rings. The lowest BCUT2D eigenvalue weighted by Gasteiger charge is -2.34. The van der Waals surface area contributed by atoms with Gasteiger partial charge in [0.05, 0.1) is 19.6 Å². The number of ether oxygens (including phenoxy) is 1. The van der Waals surface area contributed by atoms with E-state index in [4.69, 9.17) is 4.74 Å². The van der Waals surface area contributed by atoms with Crippen molar-refractivity contribution in [3.05, 3.63) is 65.0 Å². The summed E-state index contributed by atoms with van der Waals surface area (Å²) < 4.78 is 19.0. The van der Waals surface area contributed by atoms with Crippen molar-refractivity contribution in [2.24, 2.45) is 0 Å². The van der Waals surface area contributed by atoms with Gasteiger partial charge in [-0.05, 0) is 30.2 Å². The molecular formula is C22H26FN3O3. The summed E-state index contributed by atoms with van der Waals surface area (Å²) in [5.41, 5.74) is 2.49. The maximum Gasteiger partial charge on any atom is 0.237 e. The Hall–Kier alpha value is -2.93. The molecule has 1 atom stereocenters. The van der Waals surface area contributed by atoms with Crippen LogP contribution in [0.3, 0.4) is 0 Å². The van der Waals surface area contributed by atoms with Crippen LogP contribution in [0.4, 0.5) is 4.39 Å². The first kappa shape index (κ1) is 20.8. The molecule has 0 radical (unpaired) electrons. The van der Waals surface area contributed by atoms with Crippen LogP contribution in [0, 0.1) is 12.7 Å². The van der Waals surface area contributed by atoms with Crippen molar-refractivity contribution in [2.45, 2.75) is 32.5 Å². The third-order valence-electron chi connectivity index (χ3n) is 5.10. The predicted octanol–water partition coefficient (Wildman–Crippen LogP) is 2.15. The third-order valence-corrected chi connectivity index (χ3v) is 5.10. The molecule has 2 amide bonds. The Labute approximate surface area is 170 Å². The van der Waals surface area contributed by atoms with E-state index in [1.165, 1.54) is 6.07 Å². The Bertz CT molecular complexity index is 887. The monoisotopic (exact) mass is 399 g/mol. The molecule has 7 heteroatoms. The summed E-state index contributed by atoms with van der Waals surface area (Å²) in [4.78, 5) is 26.8. The zero-order valence-electron chi connectivity index (χ0n) is 16.7. The fourth-order valence-electron chi connectivity index (χ4n) is 3.53. The molecule has 0 aromatic heterocycles. The van der Waals surface area contributed by atoms with Gasteiger partial charge in [-0.25, -0.2) is 4.39 Å². The summed E-state index contributed by atoms with van der Waals surface area (Å²) >= 11 is 0. The topological polar surface area (TPSA) is 70.7 Å². The molecule has 0 spiro atoms. The number of halogens is 1. The number of nitrogens with zero attached hydrogens (tertiary/aromatic N) is 1. The summed E-state index contributed by atoms with van der Waals surface area (Å²) in [6.45, 7) is 3.82. The highest BCUT2D eigenvalue weighted by Gasteiger charge is 2.31. The zero-order chi connectivity index (χ0) is 20.8. The van der Waals surface area contributed by atoms with Crippen LogP contribution in [0.2, 0.25) is 0 Å². The average molecular weight is 399 g/mol. The van der Waals surface area contributed by atoms with Gasteiger partial charge in [-0.1, -0.05) is 30.3 Å².